The van der Waals surface area contributed by atoms with E-state index in [2.05, 4.69) is 23.5 Å². The summed E-state index contributed by atoms with van der Waals surface area (Å²) < 4.78 is 7.91. The summed E-state index contributed by atoms with van der Waals surface area (Å²) in [5, 5.41) is 10.8. The van der Waals surface area contributed by atoms with E-state index < -0.39 is 0 Å². The Labute approximate surface area is 162 Å². The van der Waals surface area contributed by atoms with Crippen molar-refractivity contribution in [3.8, 4) is 11.8 Å². The summed E-state index contributed by atoms with van der Waals surface area (Å²) in [4.78, 5) is 4.73. The second-order valence-corrected chi connectivity index (χ2v) is 7.23. The monoisotopic (exact) mass is 373 g/mol. The van der Waals surface area contributed by atoms with E-state index >= 15 is 0 Å². The van der Waals surface area contributed by atoms with Gasteiger partial charge in [-0.1, -0.05) is 37.3 Å². The van der Waals surface area contributed by atoms with Gasteiger partial charge in [0.15, 0.2) is 5.65 Å². The Morgan fingerprint density at radius 1 is 1.11 bits per heavy atom. The van der Waals surface area contributed by atoms with Crippen molar-refractivity contribution in [3.05, 3.63) is 71.8 Å². The number of para-hydroxylation sites is 3. The van der Waals surface area contributed by atoms with Gasteiger partial charge in [0.25, 0.3) is 0 Å². The molecule has 134 valence electrons. The molecule has 0 bridgehead atoms. The molecule has 0 spiro atoms. The molecule has 4 aromatic rings. The molecule has 0 saturated carbocycles. The first-order chi connectivity index (χ1) is 13.3. The molecule has 0 N–H and O–H groups in total. The summed E-state index contributed by atoms with van der Waals surface area (Å²) in [6.45, 7) is 2.69. The van der Waals surface area contributed by atoms with Crippen LogP contribution in [0.3, 0.4) is 0 Å². The minimum Gasteiger partial charge on any atom is -0.493 e. The molecule has 0 unspecified atom stereocenters. The van der Waals surface area contributed by atoms with E-state index in [1.807, 2.05) is 54.6 Å². The highest BCUT2D eigenvalue weighted by Crippen LogP contribution is 2.29. The predicted octanol–water partition coefficient (Wildman–Crippen LogP) is 5.09. The van der Waals surface area contributed by atoms with Gasteiger partial charge in [-0.3, -0.25) is 4.40 Å². The van der Waals surface area contributed by atoms with Crippen LogP contribution in [0.4, 0.5) is 0 Å². The number of hydrogen-bond donors (Lipinski definition) is 0. The molecule has 4 rings (SSSR count). The Balaban J connectivity index is 1.68. The molecule has 0 aliphatic heterocycles. The molecule has 5 heteroatoms. The summed E-state index contributed by atoms with van der Waals surface area (Å²) in [6, 6.07) is 22.3. The average Bonchev–Trinajstić information content (AvgIpc) is 3.11. The maximum absolute atomic E-state index is 9.67. The fourth-order valence-electron chi connectivity index (χ4n) is 3.18. The van der Waals surface area contributed by atoms with E-state index in [0.717, 1.165) is 45.2 Å². The van der Waals surface area contributed by atoms with E-state index in [4.69, 9.17) is 9.72 Å². The van der Waals surface area contributed by atoms with Crippen molar-refractivity contribution in [2.75, 3.05) is 12.4 Å². The minimum absolute atomic E-state index is 0.615. The Kier molecular flexibility index (Phi) is 4.99. The number of aryl methyl sites for hydroxylation is 1. The molecule has 0 aliphatic carbocycles. The van der Waals surface area contributed by atoms with E-state index in [1.165, 1.54) is 0 Å². The van der Waals surface area contributed by atoms with Crippen LogP contribution in [0.25, 0.3) is 16.7 Å². The number of benzene rings is 2. The second-order valence-electron chi connectivity index (χ2n) is 6.12. The first kappa shape index (κ1) is 17.4. The van der Waals surface area contributed by atoms with Gasteiger partial charge >= 0.3 is 0 Å². The van der Waals surface area contributed by atoms with Gasteiger partial charge < -0.3 is 4.74 Å². The third kappa shape index (κ3) is 3.36. The van der Waals surface area contributed by atoms with Crippen molar-refractivity contribution < 1.29 is 4.74 Å². The molecule has 0 amide bonds. The van der Waals surface area contributed by atoms with E-state index in [9.17, 15) is 5.26 Å². The number of rotatable bonds is 6. The lowest BCUT2D eigenvalue weighted by Gasteiger charge is -2.11. The summed E-state index contributed by atoms with van der Waals surface area (Å²) in [5.74, 6) is 1.69. The maximum Gasteiger partial charge on any atom is 0.157 e. The zero-order valence-corrected chi connectivity index (χ0v) is 15.9. The van der Waals surface area contributed by atoms with Gasteiger partial charge in [0.1, 0.15) is 11.8 Å². The molecule has 0 aliphatic rings. The van der Waals surface area contributed by atoms with E-state index in [0.29, 0.717) is 12.2 Å². The fourth-order valence-corrected chi connectivity index (χ4v) is 4.09. The number of ether oxygens (including phenoxy) is 1. The summed E-state index contributed by atoms with van der Waals surface area (Å²) >= 11 is 1.73. The molecule has 4 nitrogen and oxygen atoms in total. The molecule has 0 radical (unpaired) electrons. The van der Waals surface area contributed by atoms with Gasteiger partial charge in [0.2, 0.25) is 0 Å². The topological polar surface area (TPSA) is 50.3 Å². The van der Waals surface area contributed by atoms with Crippen LogP contribution in [-0.2, 0) is 6.42 Å². The molecular formula is C22H19N3OS. The Bertz CT molecular complexity index is 1130. The van der Waals surface area contributed by atoms with Gasteiger partial charge in [-0.15, -0.1) is 11.8 Å². The molecule has 2 aromatic carbocycles. The summed E-state index contributed by atoms with van der Waals surface area (Å²) in [6.07, 6.45) is 0.802. The number of aromatic nitrogens is 2. The number of hydrogen-bond acceptors (Lipinski definition) is 4. The van der Waals surface area contributed by atoms with Gasteiger partial charge in [0.05, 0.1) is 28.2 Å². The lowest BCUT2D eigenvalue weighted by atomic mass is 10.1. The number of nitrogens with zero attached hydrogens (tertiary/aromatic N) is 3. The summed E-state index contributed by atoms with van der Waals surface area (Å²) in [7, 11) is 0. The second kappa shape index (κ2) is 7.73. The Hall–Kier alpha value is -2.97. The summed E-state index contributed by atoms with van der Waals surface area (Å²) in [5.41, 5.74) is 4.37. The first-order valence-electron chi connectivity index (χ1n) is 8.95. The quantitative estimate of drug-likeness (QED) is 0.349. The number of thioether (sulfide) groups is 1. The van der Waals surface area contributed by atoms with Gasteiger partial charge in [-0.25, -0.2) is 4.98 Å². The highest BCUT2D eigenvalue weighted by atomic mass is 32.2. The normalized spacial score (nSPS) is 11.0. The fraction of sp³-hybridized carbons (Fsp3) is 0.182. The lowest BCUT2D eigenvalue weighted by Crippen LogP contribution is -2.03. The first-order valence-corrected chi connectivity index (χ1v) is 9.94. The predicted molar refractivity (Wildman–Crippen MR) is 109 cm³/mol. The number of imidazole rings is 1. The zero-order valence-electron chi connectivity index (χ0n) is 15.1. The van der Waals surface area contributed by atoms with Crippen molar-refractivity contribution in [2.24, 2.45) is 0 Å². The lowest BCUT2D eigenvalue weighted by molar-refractivity contribution is 0.344. The van der Waals surface area contributed by atoms with Gasteiger partial charge in [-0.2, -0.15) is 5.26 Å². The zero-order chi connectivity index (χ0) is 18.6. The smallest absolute Gasteiger partial charge is 0.157 e. The van der Waals surface area contributed by atoms with Crippen LogP contribution in [0.2, 0.25) is 0 Å². The van der Waals surface area contributed by atoms with Crippen molar-refractivity contribution in [2.45, 2.75) is 18.4 Å². The van der Waals surface area contributed by atoms with Crippen molar-refractivity contribution in [1.82, 2.24) is 9.38 Å². The Morgan fingerprint density at radius 3 is 2.67 bits per heavy atom. The van der Waals surface area contributed by atoms with Crippen LogP contribution in [0.15, 0.2) is 65.7 Å². The molecule has 27 heavy (non-hydrogen) atoms. The third-order valence-corrected chi connectivity index (χ3v) is 5.43. The molecule has 2 aromatic heterocycles. The number of fused-ring (bicyclic) bond motifs is 3. The largest absolute Gasteiger partial charge is 0.493 e. The highest BCUT2D eigenvalue weighted by molar-refractivity contribution is 7.99. The van der Waals surface area contributed by atoms with Crippen LogP contribution in [0, 0.1) is 11.3 Å². The highest BCUT2D eigenvalue weighted by Gasteiger charge is 2.16. The van der Waals surface area contributed by atoms with Crippen molar-refractivity contribution in [1.29, 1.82) is 5.26 Å². The molecule has 0 saturated heterocycles. The molecule has 0 atom stereocenters. The van der Waals surface area contributed by atoms with Crippen LogP contribution in [0.5, 0.6) is 5.75 Å². The molecule has 0 fully saturated rings. The molecule has 2 heterocycles. The van der Waals surface area contributed by atoms with Crippen molar-refractivity contribution >= 4 is 28.4 Å². The Morgan fingerprint density at radius 2 is 1.89 bits per heavy atom. The van der Waals surface area contributed by atoms with Crippen LogP contribution >= 0.6 is 11.8 Å². The van der Waals surface area contributed by atoms with Crippen LogP contribution in [-0.4, -0.2) is 21.7 Å². The van der Waals surface area contributed by atoms with E-state index in [-0.39, 0.29) is 0 Å². The van der Waals surface area contributed by atoms with Gasteiger partial charge in [0, 0.05) is 5.75 Å². The number of pyridine rings is 1. The van der Waals surface area contributed by atoms with Gasteiger partial charge in [-0.05, 0) is 42.3 Å². The SMILES string of the molecule is CCc1cc(SCCOc2ccccc2)n2c(nc3ccccc32)c1C#N. The standard InChI is InChI=1S/C22H19N3OS/c1-2-16-14-21(27-13-12-26-17-8-4-3-5-9-17)25-20-11-7-6-10-19(20)24-22(25)18(16)15-23/h3-11,14H,2,12-13H2,1H3. The average molecular weight is 373 g/mol. The van der Waals surface area contributed by atoms with Crippen LogP contribution < -0.4 is 4.74 Å². The minimum atomic E-state index is 0.615. The number of nitriles is 1. The maximum atomic E-state index is 9.67. The van der Waals surface area contributed by atoms with Crippen molar-refractivity contribution in [3.63, 3.8) is 0 Å². The molecular weight excluding hydrogens is 354 g/mol. The van der Waals surface area contributed by atoms with E-state index in [1.54, 1.807) is 11.8 Å². The van der Waals surface area contributed by atoms with Crippen LogP contribution in [0.1, 0.15) is 18.1 Å². The third-order valence-electron chi connectivity index (χ3n) is 4.46.